The van der Waals surface area contributed by atoms with Crippen molar-refractivity contribution in [3.63, 3.8) is 0 Å². The minimum Gasteiger partial charge on any atom is -0.384 e. The van der Waals surface area contributed by atoms with E-state index >= 15 is 0 Å². The van der Waals surface area contributed by atoms with Gasteiger partial charge >= 0.3 is 0 Å². The molecule has 6 nitrogen and oxygen atoms in total. The Morgan fingerprint density at radius 3 is 2.48 bits per heavy atom. The minimum atomic E-state index is -3.61. The highest BCUT2D eigenvalue weighted by molar-refractivity contribution is 8.06. The summed E-state index contributed by atoms with van der Waals surface area (Å²) in [6.07, 6.45) is 0.758. The van der Waals surface area contributed by atoms with Crippen LogP contribution in [0.1, 0.15) is 20.3 Å². The Morgan fingerprint density at radius 1 is 1.38 bits per heavy atom. The highest BCUT2D eigenvalue weighted by Crippen LogP contribution is 2.21. The third-order valence-corrected chi connectivity index (χ3v) is 4.78. The van der Waals surface area contributed by atoms with Crippen LogP contribution in [0.4, 0.5) is 5.69 Å². The van der Waals surface area contributed by atoms with E-state index in [0.717, 1.165) is 12.1 Å². The maximum Gasteiger partial charge on any atom is 0.246 e. The molecule has 0 aliphatic carbocycles. The number of sulfone groups is 1. The van der Waals surface area contributed by atoms with Crippen LogP contribution in [0.15, 0.2) is 35.4 Å². The summed E-state index contributed by atoms with van der Waals surface area (Å²) in [4.78, 5) is 1.66. The Kier molecular flexibility index (Phi) is 6.64. The Hall–Kier alpha value is -1.60. The van der Waals surface area contributed by atoms with Crippen molar-refractivity contribution in [2.24, 2.45) is 10.9 Å². The van der Waals surface area contributed by atoms with Crippen molar-refractivity contribution in [1.29, 1.82) is 0 Å². The van der Waals surface area contributed by atoms with Gasteiger partial charge in [0.25, 0.3) is 0 Å². The van der Waals surface area contributed by atoms with E-state index in [-0.39, 0.29) is 23.6 Å². The van der Waals surface area contributed by atoms with Crippen LogP contribution in [-0.2, 0) is 14.6 Å². The topological polar surface area (TPSA) is 85.0 Å². The van der Waals surface area contributed by atoms with Gasteiger partial charge in [-0.2, -0.15) is 5.10 Å². The van der Waals surface area contributed by atoms with E-state index in [0.29, 0.717) is 0 Å². The van der Waals surface area contributed by atoms with E-state index in [1.165, 1.54) is 7.11 Å². The summed E-state index contributed by atoms with van der Waals surface area (Å²) >= 11 is 0. The van der Waals surface area contributed by atoms with Gasteiger partial charge in [0.15, 0.2) is 0 Å². The Bertz CT molecular complexity index is 558. The minimum absolute atomic E-state index is 0.0491. The number of nitrogens with two attached hydrogens (primary N) is 1. The first-order chi connectivity index (χ1) is 9.97. The average molecular weight is 313 g/mol. The van der Waals surface area contributed by atoms with E-state index < -0.39 is 9.84 Å². The SMILES string of the molecule is CCC(C)N(/C(=N\N)S(=O)(=O)CCOC)c1ccccc1. The molecule has 0 radical (unpaired) electrons. The van der Waals surface area contributed by atoms with E-state index in [1.807, 2.05) is 44.2 Å². The molecule has 2 N–H and O–H groups in total. The van der Waals surface area contributed by atoms with Crippen LogP contribution >= 0.6 is 0 Å². The van der Waals surface area contributed by atoms with Crippen LogP contribution < -0.4 is 10.7 Å². The third kappa shape index (κ3) is 4.44. The molecule has 0 amide bonds. The van der Waals surface area contributed by atoms with Crippen molar-refractivity contribution < 1.29 is 13.2 Å². The van der Waals surface area contributed by atoms with Crippen LogP contribution in [0, 0.1) is 0 Å². The molecule has 21 heavy (non-hydrogen) atoms. The second kappa shape index (κ2) is 7.99. The first-order valence-electron chi connectivity index (χ1n) is 6.81. The van der Waals surface area contributed by atoms with E-state index in [2.05, 4.69) is 5.10 Å². The summed E-state index contributed by atoms with van der Waals surface area (Å²) < 4.78 is 29.7. The van der Waals surface area contributed by atoms with E-state index in [9.17, 15) is 8.42 Å². The highest BCUT2D eigenvalue weighted by Gasteiger charge is 2.29. The van der Waals surface area contributed by atoms with Crippen molar-refractivity contribution in [2.45, 2.75) is 26.3 Å². The number of methoxy groups -OCH3 is 1. The molecule has 7 heteroatoms. The lowest BCUT2D eigenvalue weighted by Gasteiger charge is -2.30. The van der Waals surface area contributed by atoms with Gasteiger partial charge in [-0.05, 0) is 25.5 Å². The fraction of sp³-hybridized carbons (Fsp3) is 0.500. The Balaban J connectivity index is 3.24. The summed E-state index contributed by atoms with van der Waals surface area (Å²) in [5.41, 5.74) is 0.747. The second-order valence-electron chi connectivity index (χ2n) is 4.69. The van der Waals surface area contributed by atoms with Gasteiger partial charge < -0.3 is 15.5 Å². The monoisotopic (exact) mass is 313 g/mol. The number of nitrogens with zero attached hydrogens (tertiary/aromatic N) is 2. The normalized spacial score (nSPS) is 14.0. The summed E-state index contributed by atoms with van der Waals surface area (Å²) in [6, 6.07) is 9.19. The smallest absolute Gasteiger partial charge is 0.246 e. The summed E-state index contributed by atoms with van der Waals surface area (Å²) in [5.74, 6) is 5.23. The van der Waals surface area contributed by atoms with Gasteiger partial charge in [0.1, 0.15) is 0 Å². The number of hydrogen-bond acceptors (Lipinski definition) is 5. The summed E-state index contributed by atoms with van der Waals surface area (Å²) in [5, 5.41) is 3.43. The van der Waals surface area contributed by atoms with Gasteiger partial charge in [0.2, 0.25) is 15.0 Å². The number of amidine groups is 1. The van der Waals surface area contributed by atoms with Gasteiger partial charge in [-0.15, -0.1) is 0 Å². The quantitative estimate of drug-likeness (QED) is 0.373. The lowest BCUT2D eigenvalue weighted by atomic mass is 10.2. The van der Waals surface area contributed by atoms with E-state index in [4.69, 9.17) is 10.6 Å². The van der Waals surface area contributed by atoms with Gasteiger partial charge in [-0.1, -0.05) is 25.1 Å². The molecule has 0 aliphatic heterocycles. The van der Waals surface area contributed by atoms with Crippen LogP contribution in [0.2, 0.25) is 0 Å². The number of rotatable bonds is 6. The number of hydrazone groups is 1. The summed E-state index contributed by atoms with van der Waals surface area (Å²) in [7, 11) is -2.15. The highest BCUT2D eigenvalue weighted by atomic mass is 32.2. The fourth-order valence-electron chi connectivity index (χ4n) is 1.90. The van der Waals surface area contributed by atoms with Gasteiger partial charge in [0, 0.05) is 18.8 Å². The molecule has 0 aromatic heterocycles. The maximum absolute atomic E-state index is 12.4. The zero-order valence-electron chi connectivity index (χ0n) is 12.7. The maximum atomic E-state index is 12.4. The first kappa shape index (κ1) is 17.5. The molecule has 0 fully saturated rings. The predicted octanol–water partition coefficient (Wildman–Crippen LogP) is 1.58. The number of benzene rings is 1. The van der Waals surface area contributed by atoms with Crippen LogP contribution in [0.25, 0.3) is 0 Å². The molecule has 0 spiro atoms. The molecule has 1 atom stereocenters. The van der Waals surface area contributed by atoms with Crippen molar-refractivity contribution in [3.05, 3.63) is 30.3 Å². The van der Waals surface area contributed by atoms with Crippen molar-refractivity contribution in [3.8, 4) is 0 Å². The molecular formula is C14H23N3O3S. The van der Waals surface area contributed by atoms with Crippen molar-refractivity contribution in [1.82, 2.24) is 0 Å². The summed E-state index contributed by atoms with van der Waals surface area (Å²) in [6.45, 7) is 4.02. The molecule has 1 aromatic carbocycles. The van der Waals surface area contributed by atoms with Gasteiger partial charge in [-0.25, -0.2) is 8.42 Å². The van der Waals surface area contributed by atoms with Gasteiger partial charge in [-0.3, -0.25) is 0 Å². The second-order valence-corrected chi connectivity index (χ2v) is 6.69. The number of anilines is 1. The number of ether oxygens (including phenoxy) is 1. The lowest BCUT2D eigenvalue weighted by Crippen LogP contribution is -2.44. The van der Waals surface area contributed by atoms with Crippen LogP contribution in [0.5, 0.6) is 0 Å². The molecule has 0 aliphatic rings. The standard InChI is InChI=1S/C14H23N3O3S/c1-4-12(2)17(13-8-6-5-7-9-13)14(16-15)21(18,19)11-10-20-3/h5-9,12H,4,10-11,15H2,1-3H3/b16-14+. The molecule has 118 valence electrons. The van der Waals surface area contributed by atoms with Crippen LogP contribution in [0.3, 0.4) is 0 Å². The largest absolute Gasteiger partial charge is 0.384 e. The zero-order valence-corrected chi connectivity index (χ0v) is 13.5. The molecule has 0 heterocycles. The number of para-hydroxylation sites is 1. The number of hydrogen-bond donors (Lipinski definition) is 1. The van der Waals surface area contributed by atoms with Crippen molar-refractivity contribution >= 4 is 20.7 Å². The molecule has 1 unspecified atom stereocenters. The lowest BCUT2D eigenvalue weighted by molar-refractivity contribution is 0.217. The molecule has 1 aromatic rings. The van der Waals surface area contributed by atoms with Gasteiger partial charge in [0.05, 0.1) is 12.4 Å². The predicted molar refractivity (Wildman–Crippen MR) is 86.0 cm³/mol. The fourth-order valence-corrected chi connectivity index (χ4v) is 3.22. The molecule has 0 bridgehead atoms. The molecular weight excluding hydrogens is 290 g/mol. The molecule has 0 saturated carbocycles. The van der Waals surface area contributed by atoms with Crippen molar-refractivity contribution in [2.75, 3.05) is 24.4 Å². The van der Waals surface area contributed by atoms with Crippen LogP contribution in [-0.4, -0.2) is 39.1 Å². The first-order valence-corrected chi connectivity index (χ1v) is 8.47. The third-order valence-electron chi connectivity index (χ3n) is 3.22. The van der Waals surface area contributed by atoms with E-state index in [1.54, 1.807) is 4.90 Å². The zero-order chi connectivity index (χ0) is 15.9. The Labute approximate surface area is 126 Å². The average Bonchev–Trinajstić information content (AvgIpc) is 2.50. The Morgan fingerprint density at radius 2 is 2.00 bits per heavy atom. The molecule has 1 rings (SSSR count). The molecule has 0 saturated heterocycles.